The van der Waals surface area contributed by atoms with Crippen LogP contribution in [0.4, 0.5) is 0 Å². The van der Waals surface area contributed by atoms with Crippen molar-refractivity contribution in [2.75, 3.05) is 13.7 Å². The molecular formula is C24H30N2O5. The maximum atomic E-state index is 12.3. The lowest BCUT2D eigenvalue weighted by Gasteiger charge is -2.11. The topological polar surface area (TPSA) is 93.7 Å². The van der Waals surface area contributed by atoms with Crippen molar-refractivity contribution in [3.05, 3.63) is 59.2 Å². The van der Waals surface area contributed by atoms with E-state index in [-0.39, 0.29) is 12.2 Å². The van der Waals surface area contributed by atoms with Gasteiger partial charge in [0.25, 0.3) is 5.91 Å². The average molecular weight is 427 g/mol. The Labute approximate surface area is 183 Å². The van der Waals surface area contributed by atoms with E-state index in [9.17, 15) is 14.4 Å². The van der Waals surface area contributed by atoms with E-state index < -0.39 is 11.8 Å². The molecule has 0 atom stereocenters. The molecule has 0 unspecified atom stereocenters. The highest BCUT2D eigenvalue weighted by atomic mass is 16.5. The molecule has 0 heterocycles. The predicted molar refractivity (Wildman–Crippen MR) is 118 cm³/mol. The molecule has 2 aromatic carbocycles. The summed E-state index contributed by atoms with van der Waals surface area (Å²) in [5, 5.41) is 0. The van der Waals surface area contributed by atoms with E-state index >= 15 is 0 Å². The summed E-state index contributed by atoms with van der Waals surface area (Å²) in [6.45, 7) is 4.26. The van der Waals surface area contributed by atoms with Gasteiger partial charge >= 0.3 is 0 Å². The van der Waals surface area contributed by atoms with Gasteiger partial charge < -0.3 is 9.47 Å². The number of hydrogen-bond donors (Lipinski definition) is 2. The zero-order valence-electron chi connectivity index (χ0n) is 18.3. The summed E-state index contributed by atoms with van der Waals surface area (Å²) in [5.41, 5.74) is 6.22. The Kier molecular flexibility index (Phi) is 9.55. The van der Waals surface area contributed by atoms with E-state index in [0.29, 0.717) is 34.8 Å². The number of methoxy groups -OCH3 is 1. The van der Waals surface area contributed by atoms with Gasteiger partial charge in [-0.3, -0.25) is 25.2 Å². The quantitative estimate of drug-likeness (QED) is 0.323. The van der Waals surface area contributed by atoms with E-state index in [0.717, 1.165) is 12.8 Å². The van der Waals surface area contributed by atoms with Crippen LogP contribution in [-0.4, -0.2) is 31.3 Å². The number of hydrogen-bond acceptors (Lipinski definition) is 5. The van der Waals surface area contributed by atoms with Gasteiger partial charge in [0.2, 0.25) is 5.91 Å². The standard InChI is InChI=1S/C24H30N2O5/c1-4-5-6-7-14-31-21-11-8-18(9-12-21)24(29)26-25-23(28)16-20-15-19(17(2)27)10-13-22(20)30-3/h8-13,15H,4-7,14,16H2,1-3H3,(H,25,28)(H,26,29). The fraction of sp³-hybridized carbons (Fsp3) is 0.375. The Balaban J connectivity index is 1.85. The third-order valence-corrected chi connectivity index (χ3v) is 4.74. The van der Waals surface area contributed by atoms with Crippen LogP contribution in [0.25, 0.3) is 0 Å². The van der Waals surface area contributed by atoms with Gasteiger partial charge in [-0.05, 0) is 55.8 Å². The van der Waals surface area contributed by atoms with Crippen LogP contribution in [0.15, 0.2) is 42.5 Å². The van der Waals surface area contributed by atoms with Crippen molar-refractivity contribution in [3.8, 4) is 11.5 Å². The normalized spacial score (nSPS) is 10.3. The zero-order chi connectivity index (χ0) is 22.6. The van der Waals surface area contributed by atoms with Crippen molar-refractivity contribution < 1.29 is 23.9 Å². The van der Waals surface area contributed by atoms with Gasteiger partial charge in [-0.25, -0.2) is 0 Å². The first-order valence-corrected chi connectivity index (χ1v) is 10.4. The van der Waals surface area contributed by atoms with Gasteiger partial charge in [-0.1, -0.05) is 26.2 Å². The number of unbranched alkanes of at least 4 members (excludes halogenated alkanes) is 3. The van der Waals surface area contributed by atoms with E-state index in [4.69, 9.17) is 9.47 Å². The third kappa shape index (κ3) is 7.77. The van der Waals surface area contributed by atoms with Crippen LogP contribution in [0.1, 0.15) is 65.8 Å². The molecule has 0 spiro atoms. The smallest absolute Gasteiger partial charge is 0.269 e. The van der Waals surface area contributed by atoms with E-state index in [1.807, 2.05) is 0 Å². The first kappa shape index (κ1) is 23.9. The van der Waals surface area contributed by atoms with Crippen LogP contribution in [0.5, 0.6) is 11.5 Å². The monoisotopic (exact) mass is 426 g/mol. The van der Waals surface area contributed by atoms with Crippen LogP contribution in [0, 0.1) is 0 Å². The SMILES string of the molecule is CCCCCCOc1ccc(C(=O)NNC(=O)Cc2cc(C(C)=O)ccc2OC)cc1. The molecule has 0 saturated heterocycles. The number of Topliss-reactive ketones (excluding diaryl/α,β-unsaturated/α-hetero) is 1. The molecule has 0 aliphatic carbocycles. The van der Waals surface area contributed by atoms with Gasteiger partial charge in [-0.15, -0.1) is 0 Å². The van der Waals surface area contributed by atoms with Crippen LogP contribution < -0.4 is 20.3 Å². The third-order valence-electron chi connectivity index (χ3n) is 4.74. The molecule has 0 fully saturated rings. The molecule has 2 aromatic rings. The maximum Gasteiger partial charge on any atom is 0.269 e. The Morgan fingerprint density at radius 3 is 2.26 bits per heavy atom. The number of carbonyl (C=O) groups excluding carboxylic acids is 3. The molecule has 7 heteroatoms. The Morgan fingerprint density at radius 1 is 0.903 bits per heavy atom. The summed E-state index contributed by atoms with van der Waals surface area (Å²) in [5.74, 6) is 0.226. The highest BCUT2D eigenvalue weighted by Gasteiger charge is 2.13. The molecule has 0 aliphatic heterocycles. The maximum absolute atomic E-state index is 12.3. The van der Waals surface area contributed by atoms with Crippen molar-refractivity contribution in [1.29, 1.82) is 0 Å². The van der Waals surface area contributed by atoms with E-state index in [1.54, 1.807) is 42.5 Å². The number of carbonyl (C=O) groups is 3. The van der Waals surface area contributed by atoms with E-state index in [2.05, 4.69) is 17.8 Å². The van der Waals surface area contributed by atoms with Crippen molar-refractivity contribution in [3.63, 3.8) is 0 Å². The Bertz CT molecular complexity index is 893. The first-order valence-electron chi connectivity index (χ1n) is 10.4. The molecule has 2 N–H and O–H groups in total. The Hall–Kier alpha value is -3.35. The zero-order valence-corrected chi connectivity index (χ0v) is 18.3. The molecule has 0 aromatic heterocycles. The molecule has 7 nitrogen and oxygen atoms in total. The molecule has 0 saturated carbocycles. The summed E-state index contributed by atoms with van der Waals surface area (Å²) >= 11 is 0. The minimum Gasteiger partial charge on any atom is -0.496 e. The lowest BCUT2D eigenvalue weighted by atomic mass is 10.0. The highest BCUT2D eigenvalue weighted by Crippen LogP contribution is 2.21. The summed E-state index contributed by atoms with van der Waals surface area (Å²) < 4.78 is 10.9. The molecule has 2 rings (SSSR count). The number of benzene rings is 2. The Morgan fingerprint density at radius 2 is 1.61 bits per heavy atom. The fourth-order valence-electron chi connectivity index (χ4n) is 2.97. The lowest BCUT2D eigenvalue weighted by Crippen LogP contribution is -2.42. The summed E-state index contributed by atoms with van der Waals surface area (Å²) in [4.78, 5) is 36.1. The molecular weight excluding hydrogens is 396 g/mol. The molecule has 0 bridgehead atoms. The molecule has 0 aliphatic rings. The highest BCUT2D eigenvalue weighted by molar-refractivity contribution is 5.96. The van der Waals surface area contributed by atoms with Crippen molar-refractivity contribution in [1.82, 2.24) is 10.9 Å². The van der Waals surface area contributed by atoms with Crippen molar-refractivity contribution in [2.24, 2.45) is 0 Å². The molecule has 0 radical (unpaired) electrons. The summed E-state index contributed by atoms with van der Waals surface area (Å²) in [6.07, 6.45) is 4.47. The largest absolute Gasteiger partial charge is 0.496 e. The van der Waals surface area contributed by atoms with Gasteiger partial charge in [0, 0.05) is 16.7 Å². The van der Waals surface area contributed by atoms with Crippen LogP contribution >= 0.6 is 0 Å². The first-order chi connectivity index (χ1) is 14.9. The van der Waals surface area contributed by atoms with E-state index in [1.165, 1.54) is 26.9 Å². The number of ether oxygens (including phenoxy) is 2. The second-order valence-electron chi connectivity index (χ2n) is 7.20. The number of hydrazine groups is 1. The summed E-state index contributed by atoms with van der Waals surface area (Å²) in [6, 6.07) is 11.6. The number of nitrogens with one attached hydrogen (secondary N) is 2. The van der Waals surface area contributed by atoms with Gasteiger partial charge in [0.15, 0.2) is 5.78 Å². The number of amides is 2. The van der Waals surface area contributed by atoms with Crippen LogP contribution in [-0.2, 0) is 11.2 Å². The minimum absolute atomic E-state index is 0.0462. The van der Waals surface area contributed by atoms with Gasteiger partial charge in [-0.2, -0.15) is 0 Å². The minimum atomic E-state index is -0.438. The number of ketones is 1. The second-order valence-corrected chi connectivity index (χ2v) is 7.20. The average Bonchev–Trinajstić information content (AvgIpc) is 2.77. The van der Waals surface area contributed by atoms with Crippen molar-refractivity contribution in [2.45, 2.75) is 46.0 Å². The van der Waals surface area contributed by atoms with Gasteiger partial charge in [0.1, 0.15) is 11.5 Å². The summed E-state index contributed by atoms with van der Waals surface area (Å²) in [7, 11) is 1.49. The lowest BCUT2D eigenvalue weighted by molar-refractivity contribution is -0.121. The molecule has 166 valence electrons. The van der Waals surface area contributed by atoms with Crippen molar-refractivity contribution >= 4 is 17.6 Å². The molecule has 31 heavy (non-hydrogen) atoms. The second kappa shape index (κ2) is 12.4. The van der Waals surface area contributed by atoms with Crippen LogP contribution in [0.2, 0.25) is 0 Å². The fourth-order valence-corrected chi connectivity index (χ4v) is 2.97. The van der Waals surface area contributed by atoms with Crippen LogP contribution in [0.3, 0.4) is 0 Å². The predicted octanol–water partition coefficient (Wildman–Crippen LogP) is 3.86. The van der Waals surface area contributed by atoms with Gasteiger partial charge in [0.05, 0.1) is 20.1 Å². The number of rotatable bonds is 11. The molecule has 2 amide bonds.